The highest BCUT2D eigenvalue weighted by atomic mass is 16.6. The van der Waals surface area contributed by atoms with Crippen LogP contribution in [0.4, 0.5) is 11.4 Å². The molecule has 0 radical (unpaired) electrons. The van der Waals surface area contributed by atoms with Crippen molar-refractivity contribution in [3.63, 3.8) is 0 Å². The number of carbonyl (C=O) groups is 1. The lowest BCUT2D eigenvalue weighted by Crippen LogP contribution is -2.19. The van der Waals surface area contributed by atoms with Crippen LogP contribution >= 0.6 is 0 Å². The lowest BCUT2D eigenvalue weighted by atomic mass is 10.1. The van der Waals surface area contributed by atoms with Crippen LogP contribution in [0.5, 0.6) is 0 Å². The van der Waals surface area contributed by atoms with Crippen LogP contribution in [0.2, 0.25) is 0 Å². The van der Waals surface area contributed by atoms with Gasteiger partial charge in [-0.3, -0.25) is 24.0 Å². The number of nitriles is 1. The molecule has 0 spiro atoms. The maximum atomic E-state index is 12.5. The number of hydrogen-bond donors (Lipinski definition) is 1. The Labute approximate surface area is 165 Å². The van der Waals surface area contributed by atoms with Crippen molar-refractivity contribution in [2.24, 2.45) is 14.1 Å². The summed E-state index contributed by atoms with van der Waals surface area (Å²) in [6.07, 6.45) is 1.40. The van der Waals surface area contributed by atoms with Gasteiger partial charge in [0, 0.05) is 26.2 Å². The fraction of sp³-hybridized carbons (Fsp3) is 0.150. The van der Waals surface area contributed by atoms with Crippen LogP contribution in [0.15, 0.2) is 46.8 Å². The van der Waals surface area contributed by atoms with E-state index in [1.165, 1.54) is 33.4 Å². The molecule has 0 aliphatic heterocycles. The molecule has 0 unspecified atom stereocenters. The van der Waals surface area contributed by atoms with Crippen LogP contribution in [0.3, 0.4) is 0 Å². The average molecular weight is 391 g/mol. The monoisotopic (exact) mass is 391 g/mol. The number of amides is 1. The largest absolute Gasteiger partial charge is 0.328 e. The van der Waals surface area contributed by atoms with Crippen LogP contribution in [0.25, 0.3) is 17.1 Å². The number of carbonyl (C=O) groups excluding carboxylic acids is 1. The minimum atomic E-state index is -0.682. The predicted octanol–water partition coefficient (Wildman–Crippen LogP) is 2.64. The number of fused-ring (bicyclic) bond motifs is 1. The third-order valence-electron chi connectivity index (χ3n) is 4.65. The van der Waals surface area contributed by atoms with Crippen LogP contribution in [-0.2, 0) is 18.9 Å². The third kappa shape index (κ3) is 3.64. The van der Waals surface area contributed by atoms with Gasteiger partial charge in [0.25, 0.3) is 11.6 Å². The highest BCUT2D eigenvalue weighted by molar-refractivity contribution is 6.10. The van der Waals surface area contributed by atoms with Crippen molar-refractivity contribution in [2.75, 3.05) is 5.32 Å². The number of nitrogens with zero attached hydrogens (tertiary/aromatic N) is 4. The molecule has 0 aliphatic rings. The smallest absolute Gasteiger partial charge is 0.321 e. The Bertz CT molecular complexity index is 1290. The molecule has 1 heterocycles. The Kier molecular flexibility index (Phi) is 5.02. The molecular formula is C20H17N5O4. The highest BCUT2D eigenvalue weighted by Gasteiger charge is 2.15. The van der Waals surface area contributed by atoms with Crippen LogP contribution < -0.4 is 11.0 Å². The second kappa shape index (κ2) is 7.44. The molecule has 146 valence electrons. The number of nitro benzene ring substituents is 1. The summed E-state index contributed by atoms with van der Waals surface area (Å²) in [4.78, 5) is 35.0. The Hall–Kier alpha value is -4.19. The first-order chi connectivity index (χ1) is 13.7. The number of nitrogens with one attached hydrogen (secondary N) is 1. The van der Waals surface area contributed by atoms with Crippen molar-refractivity contribution in [1.29, 1.82) is 5.26 Å². The molecule has 1 aromatic heterocycles. The number of benzene rings is 2. The fourth-order valence-corrected chi connectivity index (χ4v) is 2.98. The molecule has 2 aromatic carbocycles. The number of nitro groups is 1. The first kappa shape index (κ1) is 19.6. The summed E-state index contributed by atoms with van der Waals surface area (Å²) in [5.41, 5.74) is 2.33. The summed E-state index contributed by atoms with van der Waals surface area (Å²) < 4.78 is 2.98. The summed E-state index contributed by atoms with van der Waals surface area (Å²) in [6.45, 7) is 1.69. The molecule has 0 fully saturated rings. The van der Waals surface area contributed by atoms with Crippen LogP contribution in [-0.4, -0.2) is 20.0 Å². The zero-order valence-corrected chi connectivity index (χ0v) is 16.0. The number of imidazole rings is 1. The molecule has 1 amide bonds. The molecule has 0 aliphatic carbocycles. The molecule has 29 heavy (non-hydrogen) atoms. The normalized spacial score (nSPS) is 11.3. The first-order valence-electron chi connectivity index (χ1n) is 8.56. The van der Waals surface area contributed by atoms with Gasteiger partial charge in [-0.05, 0) is 36.3 Å². The fourth-order valence-electron chi connectivity index (χ4n) is 2.98. The number of aromatic nitrogens is 2. The van der Waals surface area contributed by atoms with Gasteiger partial charge in [0.1, 0.15) is 11.6 Å². The summed E-state index contributed by atoms with van der Waals surface area (Å²) in [6, 6.07) is 11.1. The molecule has 0 bridgehead atoms. The molecule has 0 saturated heterocycles. The third-order valence-corrected chi connectivity index (χ3v) is 4.65. The van der Waals surface area contributed by atoms with Crippen molar-refractivity contribution >= 4 is 34.4 Å². The SMILES string of the molecule is Cc1ccc([N+](=O)[O-])cc1NC(=O)/C(C#N)=C/c1ccc2c(c1)n(C)c(=O)n2C. The molecular weight excluding hydrogens is 374 g/mol. The standard InChI is InChI=1S/C20H17N5O4/c1-12-4-6-15(25(28)29)10-16(12)22-19(26)14(11-21)8-13-5-7-17-18(9-13)24(3)20(27)23(17)2/h4-10H,1-3H3,(H,22,26)/b14-8+. The van der Waals surface area contributed by atoms with Gasteiger partial charge < -0.3 is 5.32 Å². The van der Waals surface area contributed by atoms with E-state index in [1.807, 2.05) is 6.07 Å². The van der Waals surface area contributed by atoms with Gasteiger partial charge in [-0.1, -0.05) is 12.1 Å². The van der Waals surface area contributed by atoms with E-state index in [0.717, 1.165) is 5.52 Å². The van der Waals surface area contributed by atoms with Crippen LogP contribution in [0.1, 0.15) is 11.1 Å². The Morgan fingerprint density at radius 2 is 1.86 bits per heavy atom. The highest BCUT2D eigenvalue weighted by Crippen LogP contribution is 2.23. The second-order valence-corrected chi connectivity index (χ2v) is 6.53. The van der Waals surface area contributed by atoms with Crippen molar-refractivity contribution in [3.05, 3.63) is 73.7 Å². The van der Waals surface area contributed by atoms with Gasteiger partial charge in [-0.15, -0.1) is 0 Å². The zero-order valence-electron chi connectivity index (χ0n) is 16.0. The minimum absolute atomic E-state index is 0.163. The van der Waals surface area contributed by atoms with E-state index in [4.69, 9.17) is 0 Å². The number of non-ortho nitro benzene ring substituents is 1. The van der Waals surface area contributed by atoms with Gasteiger partial charge >= 0.3 is 5.69 Å². The van der Waals surface area contributed by atoms with Gasteiger partial charge in [-0.2, -0.15) is 5.26 Å². The number of aryl methyl sites for hydroxylation is 3. The van der Waals surface area contributed by atoms with Gasteiger partial charge in [-0.25, -0.2) is 4.79 Å². The molecule has 3 rings (SSSR count). The Balaban J connectivity index is 1.95. The van der Waals surface area contributed by atoms with Gasteiger partial charge in [0.2, 0.25) is 0 Å². The van der Waals surface area contributed by atoms with E-state index < -0.39 is 10.8 Å². The lowest BCUT2D eigenvalue weighted by Gasteiger charge is -2.07. The molecule has 0 atom stereocenters. The van der Waals surface area contributed by atoms with E-state index in [2.05, 4.69) is 5.32 Å². The zero-order chi connectivity index (χ0) is 21.3. The maximum Gasteiger partial charge on any atom is 0.328 e. The molecule has 0 saturated carbocycles. The van der Waals surface area contributed by atoms with E-state index in [9.17, 15) is 25.0 Å². The summed E-state index contributed by atoms with van der Waals surface area (Å²) in [5, 5.41) is 22.9. The van der Waals surface area contributed by atoms with Crippen molar-refractivity contribution in [3.8, 4) is 6.07 Å². The van der Waals surface area contributed by atoms with E-state index in [0.29, 0.717) is 16.6 Å². The number of rotatable bonds is 4. The maximum absolute atomic E-state index is 12.5. The van der Waals surface area contributed by atoms with Crippen molar-refractivity contribution in [2.45, 2.75) is 6.92 Å². The van der Waals surface area contributed by atoms with Crippen molar-refractivity contribution < 1.29 is 9.72 Å². The van der Waals surface area contributed by atoms with Crippen LogP contribution in [0, 0.1) is 28.4 Å². The Morgan fingerprint density at radius 1 is 1.17 bits per heavy atom. The van der Waals surface area contributed by atoms with Crippen molar-refractivity contribution in [1.82, 2.24) is 9.13 Å². The Morgan fingerprint density at radius 3 is 2.52 bits per heavy atom. The van der Waals surface area contributed by atoms with Gasteiger partial charge in [0.05, 0.1) is 21.6 Å². The second-order valence-electron chi connectivity index (χ2n) is 6.53. The topological polar surface area (TPSA) is 123 Å². The number of anilines is 1. The molecule has 1 N–H and O–H groups in total. The molecule has 9 heteroatoms. The summed E-state index contributed by atoms with van der Waals surface area (Å²) >= 11 is 0. The van der Waals surface area contributed by atoms with E-state index >= 15 is 0 Å². The predicted molar refractivity (Wildman–Crippen MR) is 108 cm³/mol. The lowest BCUT2D eigenvalue weighted by molar-refractivity contribution is -0.384. The van der Waals surface area contributed by atoms with E-state index in [-0.39, 0.29) is 22.6 Å². The quantitative estimate of drug-likeness (QED) is 0.317. The molecule has 9 nitrogen and oxygen atoms in total. The minimum Gasteiger partial charge on any atom is -0.321 e. The summed E-state index contributed by atoms with van der Waals surface area (Å²) in [7, 11) is 3.30. The van der Waals surface area contributed by atoms with Gasteiger partial charge in [0.15, 0.2) is 0 Å². The summed E-state index contributed by atoms with van der Waals surface area (Å²) in [5.74, 6) is -0.682. The number of hydrogen-bond acceptors (Lipinski definition) is 5. The molecule has 3 aromatic rings. The average Bonchev–Trinajstić information content (AvgIpc) is 2.91. The first-order valence-corrected chi connectivity index (χ1v) is 8.56. The van der Waals surface area contributed by atoms with E-state index in [1.54, 1.807) is 39.2 Å².